The Morgan fingerprint density at radius 2 is 1.36 bits per heavy atom. The Bertz CT molecular complexity index is 2800. The molecular weight excluding hydrogens is 851 g/mol. The molecule has 0 spiro atoms. The summed E-state index contributed by atoms with van der Waals surface area (Å²) in [6, 6.07) is 52.9. The molecular formula is C50H41IrN3O-2. The van der Waals surface area contributed by atoms with E-state index in [0.29, 0.717) is 11.3 Å². The van der Waals surface area contributed by atoms with Gasteiger partial charge in [0.2, 0.25) is 0 Å². The summed E-state index contributed by atoms with van der Waals surface area (Å²) in [5, 5.41) is 1.00. The maximum absolute atomic E-state index is 7.28. The number of hydrogen-bond donors (Lipinski definition) is 0. The molecule has 0 atom stereocenters. The van der Waals surface area contributed by atoms with Crippen LogP contribution in [0.1, 0.15) is 45.7 Å². The monoisotopic (exact) mass is 898 g/mol. The van der Waals surface area contributed by atoms with Gasteiger partial charge in [-0.1, -0.05) is 154 Å². The van der Waals surface area contributed by atoms with Gasteiger partial charge in [0, 0.05) is 57.5 Å². The quantitative estimate of drug-likeness (QED) is 0.162. The fourth-order valence-electron chi connectivity index (χ4n) is 6.65. The molecule has 1 radical (unpaired) electrons. The molecule has 55 heavy (non-hydrogen) atoms. The smallest absolute Gasteiger partial charge is 0.0774 e. The normalized spacial score (nSPS) is 13.3. The largest absolute Gasteiger partial charge is 0.557 e. The first-order valence-electron chi connectivity index (χ1n) is 20.8. The molecule has 0 unspecified atom stereocenters. The van der Waals surface area contributed by atoms with Gasteiger partial charge < -0.3 is 14.0 Å². The Balaban J connectivity index is 0.000000226. The van der Waals surface area contributed by atoms with E-state index in [0.717, 1.165) is 61.3 Å². The minimum absolute atomic E-state index is 0. The van der Waals surface area contributed by atoms with Gasteiger partial charge in [-0.15, -0.1) is 41.5 Å². The van der Waals surface area contributed by atoms with Gasteiger partial charge in [0.15, 0.2) is 0 Å². The molecule has 0 saturated heterocycles. The topological polar surface area (TPSA) is 43.9 Å². The second-order valence-corrected chi connectivity index (χ2v) is 14.2. The standard InChI is InChI=1S/C37H29N2O.C13H12N.Ir/c1-37(2,3)27-21-22-30-31(24-40-34(30)23-27)36-38-32-19-10-11-20-33(32)39(36)35-28(25-13-6-4-7-14-25)17-12-18-29(35)26-15-8-5-9-16-26;1-10-3-6-12(7-4-10)13-8-5-11(2)9-14-13;/h4-23H,1-3H3;3-6,8-9H,1-2H3;/q2*-1;/i;1D3,2D3;. The molecule has 4 nitrogen and oxygen atoms in total. The van der Waals surface area contributed by atoms with Crippen LogP contribution in [0.25, 0.3) is 72.6 Å². The third-order valence-electron chi connectivity index (χ3n) is 9.45. The number of rotatable bonds is 5. The average molecular weight is 898 g/mol. The number of aryl methyl sites for hydroxylation is 2. The minimum Gasteiger partial charge on any atom is -0.557 e. The first-order valence-corrected chi connectivity index (χ1v) is 17.8. The second kappa shape index (κ2) is 15.8. The van der Waals surface area contributed by atoms with Gasteiger partial charge in [-0.25, -0.2) is 0 Å². The van der Waals surface area contributed by atoms with Crippen molar-refractivity contribution in [2.24, 2.45) is 0 Å². The van der Waals surface area contributed by atoms with Gasteiger partial charge in [0.1, 0.15) is 0 Å². The number of para-hydroxylation sites is 3. The van der Waals surface area contributed by atoms with E-state index in [1.165, 1.54) is 30.0 Å². The second-order valence-electron chi connectivity index (χ2n) is 14.2. The summed E-state index contributed by atoms with van der Waals surface area (Å²) in [4.78, 5) is 9.27. The minimum atomic E-state index is -2.18. The van der Waals surface area contributed by atoms with Crippen LogP contribution in [-0.2, 0) is 25.5 Å². The third kappa shape index (κ3) is 7.73. The van der Waals surface area contributed by atoms with Crippen molar-refractivity contribution < 1.29 is 32.7 Å². The van der Waals surface area contributed by atoms with Gasteiger partial charge in [-0.05, 0) is 52.3 Å². The van der Waals surface area contributed by atoms with E-state index in [4.69, 9.17) is 17.6 Å². The molecule has 3 heterocycles. The molecule has 9 aromatic rings. The molecule has 5 heteroatoms. The van der Waals surface area contributed by atoms with Crippen LogP contribution in [0.2, 0.25) is 0 Å². The number of hydrogen-bond acceptors (Lipinski definition) is 3. The van der Waals surface area contributed by atoms with E-state index in [2.05, 4.69) is 158 Å². The van der Waals surface area contributed by atoms with Gasteiger partial charge in [0.05, 0.1) is 22.5 Å². The predicted molar refractivity (Wildman–Crippen MR) is 223 cm³/mol. The molecule has 3 aromatic heterocycles. The van der Waals surface area contributed by atoms with Crippen LogP contribution in [-0.4, -0.2) is 14.5 Å². The van der Waals surface area contributed by atoms with Crippen molar-refractivity contribution in [3.05, 3.63) is 187 Å². The van der Waals surface area contributed by atoms with E-state index in [-0.39, 0.29) is 36.6 Å². The third-order valence-corrected chi connectivity index (χ3v) is 9.45. The zero-order valence-corrected chi connectivity index (χ0v) is 33.0. The number of nitrogens with zero attached hydrogens (tertiary/aromatic N) is 3. The van der Waals surface area contributed by atoms with E-state index >= 15 is 0 Å². The van der Waals surface area contributed by atoms with Crippen LogP contribution >= 0.6 is 0 Å². The van der Waals surface area contributed by atoms with Crippen molar-refractivity contribution in [1.29, 1.82) is 0 Å². The van der Waals surface area contributed by atoms with E-state index < -0.39 is 13.7 Å². The summed E-state index contributed by atoms with van der Waals surface area (Å²) in [7, 11) is 0. The number of pyridine rings is 1. The van der Waals surface area contributed by atoms with Crippen molar-refractivity contribution in [2.45, 2.75) is 39.9 Å². The van der Waals surface area contributed by atoms with Crippen LogP contribution in [0.4, 0.5) is 0 Å². The Morgan fingerprint density at radius 1 is 0.691 bits per heavy atom. The summed E-state index contributed by atoms with van der Waals surface area (Å²) >= 11 is 0. The first kappa shape index (κ1) is 30.5. The summed E-state index contributed by atoms with van der Waals surface area (Å²) in [5.74, 6) is 0.809. The molecule has 0 fully saturated rings. The van der Waals surface area contributed by atoms with Crippen LogP contribution in [0, 0.1) is 26.0 Å². The number of benzene rings is 6. The van der Waals surface area contributed by atoms with Gasteiger partial charge >= 0.3 is 0 Å². The van der Waals surface area contributed by atoms with Crippen molar-refractivity contribution in [1.82, 2.24) is 14.5 Å². The molecule has 273 valence electrons. The summed E-state index contributed by atoms with van der Waals surface area (Å²) in [6.45, 7) is 2.31. The van der Waals surface area contributed by atoms with Crippen molar-refractivity contribution >= 4 is 22.0 Å². The molecule has 0 bridgehead atoms. The Morgan fingerprint density at radius 3 is 1.98 bits per heavy atom. The van der Waals surface area contributed by atoms with E-state index in [1.807, 2.05) is 6.07 Å². The summed E-state index contributed by atoms with van der Waals surface area (Å²) < 4.78 is 52.0. The maximum atomic E-state index is 7.28. The van der Waals surface area contributed by atoms with Crippen LogP contribution < -0.4 is 0 Å². The summed E-state index contributed by atoms with van der Waals surface area (Å²) in [6.07, 6.45) is 4.54. The fraction of sp³-hybridized carbons (Fsp3) is 0.120. The van der Waals surface area contributed by atoms with Crippen LogP contribution in [0.15, 0.2) is 162 Å². The van der Waals surface area contributed by atoms with Gasteiger partial charge in [0.25, 0.3) is 0 Å². The number of imidazole rings is 1. The summed E-state index contributed by atoms with van der Waals surface area (Å²) in [5.41, 5.74) is 12.1. The molecule has 0 aliphatic heterocycles. The first-order chi connectivity index (χ1) is 28.7. The molecule has 0 N–H and O–H groups in total. The fourth-order valence-corrected chi connectivity index (χ4v) is 6.65. The van der Waals surface area contributed by atoms with E-state index in [1.54, 1.807) is 12.1 Å². The van der Waals surface area contributed by atoms with Crippen LogP contribution in [0.5, 0.6) is 0 Å². The maximum Gasteiger partial charge on any atom is 0.0774 e. The number of aromatic nitrogens is 3. The Labute approximate surface area is 345 Å². The molecule has 0 saturated carbocycles. The molecule has 0 amide bonds. The average Bonchev–Trinajstić information content (AvgIpc) is 3.85. The van der Waals surface area contributed by atoms with Crippen molar-refractivity contribution in [3.8, 4) is 50.6 Å². The van der Waals surface area contributed by atoms with Crippen LogP contribution in [0.3, 0.4) is 0 Å². The molecule has 0 aliphatic carbocycles. The van der Waals surface area contributed by atoms with Gasteiger partial charge in [-0.3, -0.25) is 4.98 Å². The zero-order chi connectivity index (χ0) is 42.2. The van der Waals surface area contributed by atoms with E-state index in [9.17, 15) is 0 Å². The number of furan rings is 1. The van der Waals surface area contributed by atoms with Crippen molar-refractivity contribution in [3.63, 3.8) is 0 Å². The molecule has 6 aromatic carbocycles. The molecule has 9 rings (SSSR count). The molecule has 0 aliphatic rings. The van der Waals surface area contributed by atoms with Crippen molar-refractivity contribution in [2.75, 3.05) is 0 Å². The zero-order valence-electron chi connectivity index (χ0n) is 36.6. The predicted octanol–water partition coefficient (Wildman–Crippen LogP) is 13.0. The number of fused-ring (bicyclic) bond motifs is 2. The Hall–Kier alpha value is -5.87. The SMILES string of the molecule is CC(C)(C)c1ccc2c(-c3nc4ccccc4n3-c3c(-c4ccccc4)cccc3-c3ccccc3)[c-]oc2c1.[2H]C([2H])([2H])c1c[c-]c(-c2ccc(C([2H])([2H])[2H])cn2)cc1.[Ir]. The Kier molecular flexibility index (Phi) is 8.78. The van der Waals surface area contributed by atoms with Gasteiger partial charge in [-0.2, -0.15) is 0 Å².